The summed E-state index contributed by atoms with van der Waals surface area (Å²) in [5.74, 6) is -5.68. The molecule has 196 valence electrons. The van der Waals surface area contributed by atoms with Crippen molar-refractivity contribution in [2.75, 3.05) is 0 Å². The van der Waals surface area contributed by atoms with Crippen LogP contribution in [0.3, 0.4) is 0 Å². The lowest BCUT2D eigenvalue weighted by Gasteiger charge is -2.28. The number of unbranched alkanes of at least 4 members (excludes halogenated alkanes) is 1. The van der Waals surface area contributed by atoms with Crippen molar-refractivity contribution >= 4 is 5.97 Å². The zero-order chi connectivity index (χ0) is 26.5. The van der Waals surface area contributed by atoms with Gasteiger partial charge in [0.15, 0.2) is 23.2 Å². The molecule has 1 aliphatic rings. The fourth-order valence-corrected chi connectivity index (χ4v) is 5.07. The fourth-order valence-electron chi connectivity index (χ4n) is 5.07. The maximum atomic E-state index is 14.8. The second-order valence-electron chi connectivity index (χ2n) is 9.80. The van der Waals surface area contributed by atoms with Crippen LogP contribution in [0.2, 0.25) is 0 Å². The first-order valence-corrected chi connectivity index (χ1v) is 13.1. The highest BCUT2D eigenvalue weighted by Gasteiger charge is 2.31. The van der Waals surface area contributed by atoms with Crippen LogP contribution in [0.5, 0.6) is 5.75 Å². The first kappa shape index (κ1) is 26.9. The fraction of sp³-hybridized carbons (Fsp3) is 0.387. The smallest absolute Gasteiger partial charge is 0.314 e. The molecule has 3 aromatic carbocycles. The Hall–Kier alpha value is -3.15. The second kappa shape index (κ2) is 11.9. The topological polar surface area (TPSA) is 26.3 Å². The molecule has 1 fully saturated rings. The van der Waals surface area contributed by atoms with Gasteiger partial charge in [-0.1, -0.05) is 56.7 Å². The lowest BCUT2D eigenvalue weighted by atomic mass is 9.78. The monoisotopic (exact) mass is 512 g/mol. The van der Waals surface area contributed by atoms with E-state index in [1.807, 2.05) is 26.0 Å². The minimum absolute atomic E-state index is 0.0930. The SMILES string of the molecule is CCCCc1ccc(C2CCC(C(=O)Oc3ccc(-c4ccc(CC)cc4)c(F)c3F)CC2)c(F)c1F. The first-order valence-electron chi connectivity index (χ1n) is 13.1. The molecule has 1 saturated carbocycles. The molecule has 0 saturated heterocycles. The van der Waals surface area contributed by atoms with Crippen LogP contribution in [0.25, 0.3) is 11.1 Å². The van der Waals surface area contributed by atoms with Gasteiger partial charge in [0.1, 0.15) is 0 Å². The van der Waals surface area contributed by atoms with Gasteiger partial charge in [0.25, 0.3) is 0 Å². The number of hydrogen-bond donors (Lipinski definition) is 0. The van der Waals surface area contributed by atoms with E-state index in [0.29, 0.717) is 48.8 Å². The van der Waals surface area contributed by atoms with Gasteiger partial charge in [-0.3, -0.25) is 4.79 Å². The zero-order valence-corrected chi connectivity index (χ0v) is 21.3. The van der Waals surface area contributed by atoms with Crippen molar-refractivity contribution in [2.24, 2.45) is 5.92 Å². The zero-order valence-electron chi connectivity index (χ0n) is 21.3. The highest BCUT2D eigenvalue weighted by molar-refractivity contribution is 5.76. The third-order valence-corrected chi connectivity index (χ3v) is 7.42. The van der Waals surface area contributed by atoms with Gasteiger partial charge >= 0.3 is 5.97 Å². The predicted molar refractivity (Wildman–Crippen MR) is 136 cm³/mol. The molecule has 0 radical (unpaired) electrons. The summed E-state index contributed by atoms with van der Waals surface area (Å²) in [6.07, 6.45) is 4.79. The maximum absolute atomic E-state index is 14.8. The van der Waals surface area contributed by atoms with E-state index in [1.54, 1.807) is 24.3 Å². The number of hydrogen-bond acceptors (Lipinski definition) is 2. The normalized spacial score (nSPS) is 17.6. The van der Waals surface area contributed by atoms with Crippen molar-refractivity contribution < 1.29 is 27.1 Å². The van der Waals surface area contributed by atoms with E-state index in [-0.39, 0.29) is 11.5 Å². The molecular formula is C31H32F4O2. The Morgan fingerprint density at radius 1 is 0.811 bits per heavy atom. The van der Waals surface area contributed by atoms with Gasteiger partial charge in [0.2, 0.25) is 5.82 Å². The van der Waals surface area contributed by atoms with Crippen LogP contribution in [0.1, 0.15) is 75.0 Å². The highest BCUT2D eigenvalue weighted by Crippen LogP contribution is 2.39. The Morgan fingerprint density at radius 2 is 1.51 bits per heavy atom. The molecule has 3 aromatic rings. The van der Waals surface area contributed by atoms with Crippen molar-refractivity contribution in [1.29, 1.82) is 0 Å². The van der Waals surface area contributed by atoms with Crippen LogP contribution in [0.15, 0.2) is 48.5 Å². The standard InChI is InChI=1S/C31H32F4O2/c1-3-5-6-22-15-16-24(28(33)27(22)32)21-11-13-23(14-12-21)31(36)37-26-18-17-25(29(34)30(26)35)20-9-7-19(4-2)8-10-20/h7-10,15-18,21,23H,3-6,11-14H2,1-2H3. The Kier molecular flexibility index (Phi) is 8.67. The molecular weight excluding hydrogens is 480 g/mol. The molecule has 0 heterocycles. The van der Waals surface area contributed by atoms with Crippen molar-refractivity contribution in [3.63, 3.8) is 0 Å². The second-order valence-corrected chi connectivity index (χ2v) is 9.80. The van der Waals surface area contributed by atoms with Crippen LogP contribution in [0.4, 0.5) is 17.6 Å². The Bertz CT molecular complexity index is 1250. The van der Waals surface area contributed by atoms with E-state index in [1.165, 1.54) is 12.1 Å². The summed E-state index contributed by atoms with van der Waals surface area (Å²) >= 11 is 0. The summed E-state index contributed by atoms with van der Waals surface area (Å²) in [4.78, 5) is 12.7. The maximum Gasteiger partial charge on any atom is 0.314 e. The molecule has 0 bridgehead atoms. The van der Waals surface area contributed by atoms with Gasteiger partial charge in [-0.25, -0.2) is 13.2 Å². The van der Waals surface area contributed by atoms with Crippen LogP contribution >= 0.6 is 0 Å². The molecule has 0 atom stereocenters. The number of carbonyl (C=O) groups is 1. The summed E-state index contributed by atoms with van der Waals surface area (Å²) < 4.78 is 64.1. The van der Waals surface area contributed by atoms with Crippen molar-refractivity contribution in [2.45, 2.75) is 71.1 Å². The van der Waals surface area contributed by atoms with Gasteiger partial charge in [0, 0.05) is 5.56 Å². The lowest BCUT2D eigenvalue weighted by Crippen LogP contribution is -2.26. The molecule has 37 heavy (non-hydrogen) atoms. The molecule has 0 aromatic heterocycles. The van der Waals surface area contributed by atoms with Gasteiger partial charge in [-0.2, -0.15) is 4.39 Å². The van der Waals surface area contributed by atoms with E-state index in [4.69, 9.17) is 4.74 Å². The van der Waals surface area contributed by atoms with Crippen molar-refractivity contribution in [1.82, 2.24) is 0 Å². The van der Waals surface area contributed by atoms with Gasteiger partial charge < -0.3 is 4.74 Å². The van der Waals surface area contributed by atoms with Gasteiger partial charge in [-0.15, -0.1) is 0 Å². The third-order valence-electron chi connectivity index (χ3n) is 7.42. The van der Waals surface area contributed by atoms with E-state index in [0.717, 1.165) is 24.8 Å². The Labute approximate surface area is 215 Å². The minimum Gasteiger partial charge on any atom is -0.423 e. The quantitative estimate of drug-likeness (QED) is 0.171. The number of carbonyl (C=O) groups excluding carboxylic acids is 1. The number of halogens is 4. The first-order chi connectivity index (χ1) is 17.8. The summed E-state index contributed by atoms with van der Waals surface area (Å²) in [5, 5.41) is 0. The van der Waals surface area contributed by atoms with E-state index >= 15 is 0 Å². The molecule has 6 heteroatoms. The van der Waals surface area contributed by atoms with E-state index < -0.39 is 40.9 Å². The summed E-state index contributed by atoms with van der Waals surface area (Å²) in [6.45, 7) is 4.01. The van der Waals surface area contributed by atoms with Crippen LogP contribution in [-0.4, -0.2) is 5.97 Å². The van der Waals surface area contributed by atoms with Gasteiger partial charge in [-0.05, 0) is 85.3 Å². The average molecular weight is 513 g/mol. The summed E-state index contributed by atoms with van der Waals surface area (Å²) in [7, 11) is 0. The molecule has 0 unspecified atom stereocenters. The van der Waals surface area contributed by atoms with E-state index in [9.17, 15) is 22.4 Å². The van der Waals surface area contributed by atoms with Crippen molar-refractivity contribution in [3.8, 4) is 16.9 Å². The molecule has 2 nitrogen and oxygen atoms in total. The predicted octanol–water partition coefficient (Wildman–Crippen LogP) is 8.69. The number of esters is 1. The van der Waals surface area contributed by atoms with Crippen molar-refractivity contribution in [3.05, 3.63) is 88.5 Å². The number of ether oxygens (including phenoxy) is 1. The third kappa shape index (κ3) is 5.89. The lowest BCUT2D eigenvalue weighted by molar-refractivity contribution is -0.140. The molecule has 0 aliphatic heterocycles. The molecule has 0 N–H and O–H groups in total. The minimum atomic E-state index is -1.21. The highest BCUT2D eigenvalue weighted by atomic mass is 19.2. The number of benzene rings is 3. The largest absolute Gasteiger partial charge is 0.423 e. The molecule has 1 aliphatic carbocycles. The Morgan fingerprint density at radius 3 is 2.16 bits per heavy atom. The number of aryl methyl sites for hydroxylation is 2. The van der Waals surface area contributed by atoms with Crippen LogP contribution in [-0.2, 0) is 17.6 Å². The molecule has 0 amide bonds. The Balaban J connectivity index is 1.39. The molecule has 4 rings (SSSR count). The molecule has 0 spiro atoms. The average Bonchev–Trinajstić information content (AvgIpc) is 2.92. The van der Waals surface area contributed by atoms with Gasteiger partial charge in [0.05, 0.1) is 5.92 Å². The van der Waals surface area contributed by atoms with Crippen LogP contribution < -0.4 is 4.74 Å². The summed E-state index contributed by atoms with van der Waals surface area (Å²) in [5.41, 5.74) is 2.43. The van der Waals surface area contributed by atoms with Crippen LogP contribution in [0, 0.1) is 29.2 Å². The van der Waals surface area contributed by atoms with E-state index in [2.05, 4.69) is 0 Å². The summed E-state index contributed by atoms with van der Waals surface area (Å²) in [6, 6.07) is 13.2. The number of rotatable bonds is 8.